The first kappa shape index (κ1) is 30.0. The first-order valence-electron chi connectivity index (χ1n) is 12.0. The van der Waals surface area contributed by atoms with E-state index < -0.39 is 0 Å². The third-order valence-corrected chi connectivity index (χ3v) is 8.08. The van der Waals surface area contributed by atoms with Gasteiger partial charge in [-0.15, -0.1) is 36.2 Å². The minimum absolute atomic E-state index is 0. The second-order valence-corrected chi connectivity index (χ2v) is 10.4. The molecule has 0 aliphatic carbocycles. The number of hydrogen-bond acceptors (Lipinski definition) is 7. The molecule has 0 radical (unpaired) electrons. The molecule has 1 aliphatic heterocycles. The Labute approximate surface area is 238 Å². The topological polar surface area (TPSA) is 91.8 Å². The van der Waals surface area contributed by atoms with Crippen LogP contribution in [0, 0.1) is 6.92 Å². The van der Waals surface area contributed by atoms with Crippen molar-refractivity contribution in [1.29, 1.82) is 0 Å². The van der Waals surface area contributed by atoms with Crippen molar-refractivity contribution in [2.24, 2.45) is 0 Å². The lowest BCUT2D eigenvalue weighted by Gasteiger charge is -2.16. The van der Waals surface area contributed by atoms with Gasteiger partial charge in [0.25, 0.3) is 5.91 Å². The molecule has 2 N–H and O–H groups in total. The van der Waals surface area contributed by atoms with E-state index in [0.717, 1.165) is 57.2 Å². The monoisotopic (exact) mass is 575 g/mol. The maximum atomic E-state index is 13.3. The zero-order valence-electron chi connectivity index (χ0n) is 21.4. The highest BCUT2D eigenvalue weighted by Gasteiger charge is 2.23. The van der Waals surface area contributed by atoms with E-state index in [0.29, 0.717) is 29.4 Å². The first-order valence-corrected chi connectivity index (χ1v) is 12.8. The van der Waals surface area contributed by atoms with Crippen LogP contribution in [0.4, 0.5) is 5.82 Å². The van der Waals surface area contributed by atoms with Crippen LogP contribution in [0.15, 0.2) is 42.5 Å². The molecule has 1 atom stereocenters. The Morgan fingerprint density at radius 2 is 1.95 bits per heavy atom. The highest BCUT2D eigenvalue weighted by molar-refractivity contribution is 7.21. The van der Waals surface area contributed by atoms with E-state index in [4.69, 9.17) is 9.72 Å². The molecule has 0 spiro atoms. The summed E-state index contributed by atoms with van der Waals surface area (Å²) in [4.78, 5) is 33.1. The maximum Gasteiger partial charge on any atom is 0.267 e. The second kappa shape index (κ2) is 12.5. The lowest BCUT2D eigenvalue weighted by molar-refractivity contribution is 0.101. The number of aromatic nitrogens is 1. The third kappa shape index (κ3) is 5.86. The number of ketones is 1. The minimum atomic E-state index is -0.255. The number of amides is 1. The van der Waals surface area contributed by atoms with Crippen LogP contribution in [0.25, 0.3) is 21.0 Å². The van der Waals surface area contributed by atoms with Crippen molar-refractivity contribution < 1.29 is 19.4 Å². The number of rotatable bonds is 7. The molecule has 1 fully saturated rings. The van der Waals surface area contributed by atoms with Gasteiger partial charge in [0.2, 0.25) is 0 Å². The van der Waals surface area contributed by atoms with Gasteiger partial charge in [-0.2, -0.15) is 0 Å². The van der Waals surface area contributed by atoms with E-state index in [2.05, 4.69) is 16.3 Å². The zero-order chi connectivity index (χ0) is 25.4. The van der Waals surface area contributed by atoms with Gasteiger partial charge in [-0.05, 0) is 61.2 Å². The number of thiophene rings is 1. The van der Waals surface area contributed by atoms with Gasteiger partial charge in [-0.1, -0.05) is 18.2 Å². The molecule has 2 aromatic heterocycles. The van der Waals surface area contributed by atoms with Gasteiger partial charge in [0.05, 0.1) is 23.1 Å². The van der Waals surface area contributed by atoms with Gasteiger partial charge in [0.1, 0.15) is 5.82 Å². The first-order chi connectivity index (χ1) is 17.4. The van der Waals surface area contributed by atoms with E-state index >= 15 is 0 Å². The predicted octanol–water partition coefficient (Wildman–Crippen LogP) is 5.77. The fraction of sp³-hybridized carbons (Fsp3) is 0.321. The number of halogens is 2. The molecule has 202 valence electrons. The van der Waals surface area contributed by atoms with Crippen molar-refractivity contribution in [3.63, 3.8) is 0 Å². The van der Waals surface area contributed by atoms with Crippen molar-refractivity contribution in [3.05, 3.63) is 69.6 Å². The summed E-state index contributed by atoms with van der Waals surface area (Å²) in [7, 11) is 1.63. The van der Waals surface area contributed by atoms with Gasteiger partial charge in [-0.25, -0.2) is 4.98 Å². The van der Waals surface area contributed by atoms with Gasteiger partial charge < -0.3 is 15.2 Å². The number of nitrogens with one attached hydrogen (secondary N) is 1. The van der Waals surface area contributed by atoms with E-state index in [-0.39, 0.29) is 42.6 Å². The Morgan fingerprint density at radius 3 is 2.63 bits per heavy atom. The molecule has 3 heterocycles. The molecule has 1 aliphatic rings. The number of carbonyl (C=O) groups is 2. The predicted molar refractivity (Wildman–Crippen MR) is 157 cm³/mol. The fourth-order valence-electron chi connectivity index (χ4n) is 5.00. The van der Waals surface area contributed by atoms with Crippen molar-refractivity contribution >= 4 is 74.6 Å². The fourth-order valence-corrected chi connectivity index (χ4v) is 6.31. The quantitative estimate of drug-likeness (QED) is 0.272. The summed E-state index contributed by atoms with van der Waals surface area (Å²) in [5, 5.41) is 14.7. The van der Waals surface area contributed by atoms with E-state index in [9.17, 15) is 14.7 Å². The zero-order valence-corrected chi connectivity index (χ0v) is 23.9. The Kier molecular flexibility index (Phi) is 9.86. The number of aliphatic hydroxyl groups excluding tert-OH is 1. The molecule has 1 unspecified atom stereocenters. The van der Waals surface area contributed by atoms with Crippen LogP contribution in [-0.4, -0.2) is 53.0 Å². The number of β-amino-alcohol motifs (C(OH)–C–C–N with tert-alkyl or cyclic N) is 1. The normalized spacial score (nSPS) is 15.3. The molecular weight excluding hydrogens is 545 g/mol. The van der Waals surface area contributed by atoms with Gasteiger partial charge in [0.15, 0.2) is 5.78 Å². The Hall–Kier alpha value is -2.59. The summed E-state index contributed by atoms with van der Waals surface area (Å²) in [6, 6.07) is 13.5. The number of pyridine rings is 1. The summed E-state index contributed by atoms with van der Waals surface area (Å²) in [6.07, 6.45) is 0.548. The molecule has 0 saturated carbocycles. The molecule has 2 aromatic carbocycles. The smallest absolute Gasteiger partial charge is 0.267 e. The third-order valence-electron chi connectivity index (χ3n) is 6.75. The van der Waals surface area contributed by atoms with Crippen LogP contribution in [0.2, 0.25) is 0 Å². The van der Waals surface area contributed by atoms with Crippen molar-refractivity contribution in [2.45, 2.75) is 39.5 Å². The Morgan fingerprint density at radius 1 is 1.16 bits per heavy atom. The number of likely N-dealkylation sites (tertiary alicyclic amines) is 1. The average Bonchev–Trinajstić information content (AvgIpc) is 3.42. The average molecular weight is 577 g/mol. The van der Waals surface area contributed by atoms with Crippen LogP contribution in [0.5, 0.6) is 0 Å². The summed E-state index contributed by atoms with van der Waals surface area (Å²) in [5.74, 6) is 0.190. The number of aryl methyl sites for hydroxylation is 1. The standard InChI is InChI=1S/C28H29N3O4S.2ClH/c1-16-25-19(15-35-3)7-8-21(17(2)32)27(25)36-26(16)28(34)30-24-10-9-22-18(5-4-6-23(22)29-24)13-31-12-11-20(33)14-31;;/h4-10,20,33H,11-15H2,1-3H3,(H,29,30,34);2*1H. The number of nitrogens with zero attached hydrogens (tertiary/aromatic N) is 2. The maximum absolute atomic E-state index is 13.3. The van der Waals surface area contributed by atoms with E-state index in [1.54, 1.807) is 14.0 Å². The van der Waals surface area contributed by atoms with Crippen LogP contribution >= 0.6 is 36.2 Å². The highest BCUT2D eigenvalue weighted by atomic mass is 35.5. The van der Waals surface area contributed by atoms with Gasteiger partial charge >= 0.3 is 0 Å². The van der Waals surface area contributed by atoms with Gasteiger partial charge in [-0.3, -0.25) is 14.5 Å². The molecule has 1 saturated heterocycles. The number of methoxy groups -OCH3 is 1. The largest absolute Gasteiger partial charge is 0.392 e. The number of hydrogen-bond donors (Lipinski definition) is 2. The van der Waals surface area contributed by atoms with Crippen LogP contribution in [0.1, 0.15) is 50.1 Å². The summed E-state index contributed by atoms with van der Waals surface area (Å²) < 4.78 is 6.16. The highest BCUT2D eigenvalue weighted by Crippen LogP contribution is 2.37. The van der Waals surface area contributed by atoms with Gasteiger partial charge in [0, 0.05) is 47.8 Å². The molecule has 10 heteroatoms. The number of fused-ring (bicyclic) bond motifs is 2. The van der Waals surface area contributed by atoms with Crippen molar-refractivity contribution in [3.8, 4) is 0 Å². The number of carbonyl (C=O) groups excluding carboxylic acids is 2. The number of aliphatic hydroxyl groups is 1. The number of benzene rings is 2. The Bertz CT molecular complexity index is 1490. The molecule has 38 heavy (non-hydrogen) atoms. The SMILES string of the molecule is COCc1ccc(C(C)=O)c2sc(C(=O)Nc3ccc4c(CN5CCC(O)C5)cccc4n3)c(C)c12.Cl.Cl. The minimum Gasteiger partial charge on any atom is -0.392 e. The molecule has 5 rings (SSSR count). The lowest BCUT2D eigenvalue weighted by atomic mass is 10.0. The molecule has 0 bridgehead atoms. The van der Waals surface area contributed by atoms with Crippen LogP contribution in [0.3, 0.4) is 0 Å². The number of ether oxygens (including phenoxy) is 1. The van der Waals surface area contributed by atoms with Crippen molar-refractivity contribution in [2.75, 3.05) is 25.5 Å². The molecule has 4 aromatic rings. The summed E-state index contributed by atoms with van der Waals surface area (Å²) >= 11 is 1.33. The van der Waals surface area contributed by atoms with E-state index in [1.165, 1.54) is 11.3 Å². The second-order valence-electron chi connectivity index (χ2n) is 9.33. The van der Waals surface area contributed by atoms with Crippen LogP contribution < -0.4 is 5.32 Å². The number of anilines is 1. The lowest BCUT2D eigenvalue weighted by Crippen LogP contribution is -2.21. The summed E-state index contributed by atoms with van der Waals surface area (Å²) in [6.45, 7) is 6.17. The van der Waals surface area contributed by atoms with E-state index in [1.807, 2.05) is 43.3 Å². The molecular formula is C28H31Cl2N3O4S. The number of Topliss-reactive ketones (excluding diaryl/α,β-unsaturated/α-hetero) is 1. The molecule has 7 nitrogen and oxygen atoms in total. The Balaban J connectivity index is 0.00000200. The summed E-state index contributed by atoms with van der Waals surface area (Å²) in [5.41, 5.74) is 4.35. The van der Waals surface area contributed by atoms with Crippen molar-refractivity contribution in [1.82, 2.24) is 9.88 Å². The van der Waals surface area contributed by atoms with Crippen LogP contribution in [-0.2, 0) is 17.9 Å². The molecule has 1 amide bonds.